The SMILES string of the molecule is c1ccc(-c2ccc(-c3cccc(-c4ccc5oc6c(-c7cccc(-c8cccc9c8sc8ccccc89)c7)cccc6c5c4)c3)cc2)cc1. The molecule has 2 heteroatoms. The second-order valence-electron chi connectivity index (χ2n) is 12.9. The molecular formula is C48H30OS. The summed E-state index contributed by atoms with van der Waals surface area (Å²) in [6.45, 7) is 0. The predicted octanol–water partition coefficient (Wildman–Crippen LogP) is 14.3. The lowest BCUT2D eigenvalue weighted by molar-refractivity contribution is 0.670. The van der Waals surface area contributed by atoms with Gasteiger partial charge in [-0.3, -0.25) is 0 Å². The number of para-hydroxylation sites is 1. The topological polar surface area (TPSA) is 13.1 Å². The summed E-state index contributed by atoms with van der Waals surface area (Å²) in [5.74, 6) is 0. The summed E-state index contributed by atoms with van der Waals surface area (Å²) in [5.41, 5.74) is 13.8. The van der Waals surface area contributed by atoms with E-state index < -0.39 is 0 Å². The Kier molecular flexibility index (Phi) is 6.75. The number of benzene rings is 8. The molecule has 234 valence electrons. The molecule has 0 bridgehead atoms. The van der Waals surface area contributed by atoms with Crippen LogP contribution in [0.2, 0.25) is 0 Å². The van der Waals surface area contributed by atoms with E-state index in [9.17, 15) is 0 Å². The average molecular weight is 655 g/mol. The summed E-state index contributed by atoms with van der Waals surface area (Å²) < 4.78 is 9.28. The molecule has 1 nitrogen and oxygen atoms in total. The molecule has 0 fully saturated rings. The Bertz CT molecular complexity index is 2850. The fourth-order valence-corrected chi connectivity index (χ4v) is 8.64. The summed E-state index contributed by atoms with van der Waals surface area (Å²) in [4.78, 5) is 0. The Hall–Kier alpha value is -6.22. The highest BCUT2D eigenvalue weighted by Gasteiger charge is 2.15. The van der Waals surface area contributed by atoms with Gasteiger partial charge in [-0.15, -0.1) is 11.3 Å². The van der Waals surface area contributed by atoms with Crippen LogP contribution in [0.5, 0.6) is 0 Å². The first-order valence-corrected chi connectivity index (χ1v) is 17.8. The van der Waals surface area contributed by atoms with Gasteiger partial charge in [0.25, 0.3) is 0 Å². The van der Waals surface area contributed by atoms with E-state index >= 15 is 0 Å². The minimum atomic E-state index is 0.898. The van der Waals surface area contributed by atoms with E-state index in [1.807, 2.05) is 11.3 Å². The summed E-state index contributed by atoms with van der Waals surface area (Å²) in [6.07, 6.45) is 0. The molecule has 0 atom stereocenters. The molecule has 0 aliphatic rings. The molecule has 10 aromatic rings. The van der Waals surface area contributed by atoms with Crippen molar-refractivity contribution in [2.24, 2.45) is 0 Å². The molecule has 50 heavy (non-hydrogen) atoms. The highest BCUT2D eigenvalue weighted by atomic mass is 32.1. The van der Waals surface area contributed by atoms with Crippen LogP contribution in [0.1, 0.15) is 0 Å². The maximum absolute atomic E-state index is 6.63. The standard InChI is InChI=1S/C48H30OS/c1-2-10-31(11-3-1)32-22-24-33(25-23-32)34-12-6-13-35(28-34)36-26-27-45-44(30-36)42-19-8-17-39(47(42)49-45)37-14-7-15-38(29-37)40-18-9-20-43-41-16-4-5-21-46(41)50-48(40)43/h1-30H. The molecule has 0 saturated heterocycles. The van der Waals surface area contributed by atoms with Gasteiger partial charge in [0.1, 0.15) is 11.2 Å². The van der Waals surface area contributed by atoms with Crippen LogP contribution in [0.4, 0.5) is 0 Å². The van der Waals surface area contributed by atoms with E-state index in [1.54, 1.807) is 0 Å². The first-order chi connectivity index (χ1) is 24.8. The molecule has 2 heterocycles. The number of thiophene rings is 1. The van der Waals surface area contributed by atoms with Crippen LogP contribution in [-0.4, -0.2) is 0 Å². The van der Waals surface area contributed by atoms with Crippen molar-refractivity contribution in [3.63, 3.8) is 0 Å². The van der Waals surface area contributed by atoms with E-state index in [4.69, 9.17) is 4.42 Å². The molecule has 0 radical (unpaired) electrons. The summed E-state index contributed by atoms with van der Waals surface area (Å²) in [5, 5.41) is 4.89. The van der Waals surface area contributed by atoms with Crippen molar-refractivity contribution < 1.29 is 4.42 Å². The predicted molar refractivity (Wildman–Crippen MR) is 214 cm³/mol. The van der Waals surface area contributed by atoms with Gasteiger partial charge in [0.2, 0.25) is 0 Å². The van der Waals surface area contributed by atoms with E-state index in [0.29, 0.717) is 0 Å². The Morgan fingerprint density at radius 2 is 0.840 bits per heavy atom. The fourth-order valence-electron chi connectivity index (χ4n) is 7.40. The number of furan rings is 1. The van der Waals surface area contributed by atoms with E-state index in [1.165, 1.54) is 64.7 Å². The molecule has 0 amide bonds. The smallest absolute Gasteiger partial charge is 0.143 e. The van der Waals surface area contributed by atoms with Gasteiger partial charge in [0, 0.05) is 36.5 Å². The number of hydrogen-bond donors (Lipinski definition) is 0. The van der Waals surface area contributed by atoms with Crippen molar-refractivity contribution in [1.82, 2.24) is 0 Å². The van der Waals surface area contributed by atoms with Crippen molar-refractivity contribution in [3.8, 4) is 55.6 Å². The van der Waals surface area contributed by atoms with Crippen molar-refractivity contribution in [2.75, 3.05) is 0 Å². The first kappa shape index (κ1) is 28.8. The van der Waals surface area contributed by atoms with Crippen LogP contribution in [0.15, 0.2) is 186 Å². The third-order valence-corrected chi connectivity index (χ3v) is 11.1. The molecule has 0 N–H and O–H groups in total. The van der Waals surface area contributed by atoms with Gasteiger partial charge >= 0.3 is 0 Å². The van der Waals surface area contributed by atoms with Gasteiger partial charge in [-0.1, -0.05) is 152 Å². The Balaban J connectivity index is 1.02. The Morgan fingerprint density at radius 3 is 1.66 bits per heavy atom. The lowest BCUT2D eigenvalue weighted by atomic mass is 9.95. The Labute approximate surface area is 294 Å². The summed E-state index contributed by atoms with van der Waals surface area (Å²) in [7, 11) is 0. The normalized spacial score (nSPS) is 11.6. The minimum absolute atomic E-state index is 0.898. The lowest BCUT2D eigenvalue weighted by Gasteiger charge is -2.08. The van der Waals surface area contributed by atoms with Gasteiger partial charge < -0.3 is 4.42 Å². The van der Waals surface area contributed by atoms with E-state index in [0.717, 1.165) is 33.1 Å². The third-order valence-electron chi connectivity index (χ3n) is 9.91. The average Bonchev–Trinajstić information content (AvgIpc) is 3.77. The zero-order valence-corrected chi connectivity index (χ0v) is 28.0. The van der Waals surface area contributed by atoms with Crippen LogP contribution >= 0.6 is 11.3 Å². The highest BCUT2D eigenvalue weighted by Crippen LogP contribution is 2.42. The van der Waals surface area contributed by atoms with Gasteiger partial charge in [0.15, 0.2) is 0 Å². The molecule has 0 saturated carbocycles. The zero-order chi connectivity index (χ0) is 33.0. The molecule has 0 unspecified atom stereocenters. The molecule has 10 rings (SSSR count). The van der Waals surface area contributed by atoms with Gasteiger partial charge in [-0.25, -0.2) is 0 Å². The summed E-state index contributed by atoms with van der Waals surface area (Å²) in [6, 6.07) is 65.5. The minimum Gasteiger partial charge on any atom is -0.455 e. The highest BCUT2D eigenvalue weighted by molar-refractivity contribution is 7.26. The van der Waals surface area contributed by atoms with Crippen LogP contribution < -0.4 is 0 Å². The number of rotatable bonds is 5. The molecule has 0 spiro atoms. The summed E-state index contributed by atoms with van der Waals surface area (Å²) >= 11 is 1.87. The van der Waals surface area contributed by atoms with Crippen molar-refractivity contribution in [3.05, 3.63) is 182 Å². The fraction of sp³-hybridized carbons (Fsp3) is 0. The zero-order valence-electron chi connectivity index (χ0n) is 27.1. The first-order valence-electron chi connectivity index (χ1n) is 17.0. The third kappa shape index (κ3) is 4.84. The van der Waals surface area contributed by atoms with Crippen LogP contribution in [-0.2, 0) is 0 Å². The van der Waals surface area contributed by atoms with Crippen LogP contribution in [0.25, 0.3) is 97.7 Å². The monoisotopic (exact) mass is 654 g/mol. The van der Waals surface area contributed by atoms with Gasteiger partial charge in [-0.05, 0) is 80.4 Å². The molecule has 8 aromatic carbocycles. The van der Waals surface area contributed by atoms with Crippen LogP contribution in [0.3, 0.4) is 0 Å². The van der Waals surface area contributed by atoms with Gasteiger partial charge in [-0.2, -0.15) is 0 Å². The molecule has 0 aliphatic heterocycles. The second kappa shape index (κ2) is 11.7. The maximum Gasteiger partial charge on any atom is 0.143 e. The number of hydrogen-bond acceptors (Lipinski definition) is 2. The van der Waals surface area contributed by atoms with Gasteiger partial charge in [0.05, 0.1) is 0 Å². The largest absolute Gasteiger partial charge is 0.455 e. The Morgan fingerprint density at radius 1 is 0.320 bits per heavy atom. The quantitative estimate of drug-likeness (QED) is 0.180. The molecule has 0 aliphatic carbocycles. The van der Waals surface area contributed by atoms with E-state index in [-0.39, 0.29) is 0 Å². The number of fused-ring (bicyclic) bond motifs is 6. The lowest BCUT2D eigenvalue weighted by Crippen LogP contribution is -1.83. The van der Waals surface area contributed by atoms with Crippen molar-refractivity contribution >= 4 is 53.4 Å². The second-order valence-corrected chi connectivity index (χ2v) is 13.9. The van der Waals surface area contributed by atoms with E-state index in [2.05, 4.69) is 182 Å². The van der Waals surface area contributed by atoms with Crippen LogP contribution in [0, 0.1) is 0 Å². The maximum atomic E-state index is 6.63. The van der Waals surface area contributed by atoms with Crippen molar-refractivity contribution in [1.29, 1.82) is 0 Å². The molecule has 2 aromatic heterocycles. The van der Waals surface area contributed by atoms with Crippen molar-refractivity contribution in [2.45, 2.75) is 0 Å². The molecular weight excluding hydrogens is 625 g/mol.